The molecule has 0 aliphatic carbocycles. The Hall–Kier alpha value is -2.85. The van der Waals surface area contributed by atoms with Crippen LogP contribution in [-0.4, -0.2) is 60.3 Å². The molecule has 27 heavy (non-hydrogen) atoms. The van der Waals surface area contributed by atoms with Crippen LogP contribution in [0.5, 0.6) is 0 Å². The molecule has 7 nitrogen and oxygen atoms in total. The van der Waals surface area contributed by atoms with E-state index in [1.807, 2.05) is 0 Å². The molecule has 1 fully saturated rings. The zero-order chi connectivity index (χ0) is 20.2. The third kappa shape index (κ3) is 5.31. The first kappa shape index (κ1) is 20.5. The molecule has 1 saturated heterocycles. The van der Waals surface area contributed by atoms with Crippen LogP contribution >= 0.6 is 0 Å². The molecule has 3 amide bonds. The summed E-state index contributed by atoms with van der Waals surface area (Å²) in [6.45, 7) is -1.38. The Balaban J connectivity index is 1.79. The molecule has 0 bridgehead atoms. The van der Waals surface area contributed by atoms with Crippen LogP contribution in [0.15, 0.2) is 24.3 Å². The lowest BCUT2D eigenvalue weighted by molar-refractivity contribution is -0.187. The van der Waals surface area contributed by atoms with E-state index in [1.165, 1.54) is 12.1 Å². The van der Waals surface area contributed by atoms with Gasteiger partial charge in [0.15, 0.2) is 0 Å². The van der Waals surface area contributed by atoms with E-state index in [4.69, 9.17) is 5.11 Å². The van der Waals surface area contributed by atoms with Crippen molar-refractivity contribution in [2.24, 2.45) is 11.8 Å². The van der Waals surface area contributed by atoms with Crippen molar-refractivity contribution in [2.45, 2.75) is 6.18 Å². The third-order valence-corrected chi connectivity index (χ3v) is 4.14. The second-order valence-electron chi connectivity index (χ2n) is 5.99. The number of aliphatic carboxylic acids is 1. The van der Waals surface area contributed by atoms with Gasteiger partial charge in [-0.1, -0.05) is 0 Å². The summed E-state index contributed by atoms with van der Waals surface area (Å²) < 4.78 is 51.5. The summed E-state index contributed by atoms with van der Waals surface area (Å²) in [4.78, 5) is 35.5. The van der Waals surface area contributed by atoms with Crippen LogP contribution in [0.1, 0.15) is 10.4 Å². The minimum atomic E-state index is -4.72. The predicted molar refractivity (Wildman–Crippen MR) is 84.4 cm³/mol. The van der Waals surface area contributed by atoms with Crippen molar-refractivity contribution in [3.63, 3.8) is 0 Å². The Morgan fingerprint density at radius 2 is 1.67 bits per heavy atom. The number of benzene rings is 1. The number of carbonyl (C=O) groups is 3. The summed E-state index contributed by atoms with van der Waals surface area (Å²) in [5.74, 6) is -6.46. The van der Waals surface area contributed by atoms with E-state index in [2.05, 4.69) is 10.6 Å². The van der Waals surface area contributed by atoms with Crippen molar-refractivity contribution >= 4 is 17.9 Å². The zero-order valence-electron chi connectivity index (χ0n) is 13.9. The molecule has 0 spiro atoms. The van der Waals surface area contributed by atoms with E-state index in [-0.39, 0.29) is 18.7 Å². The molecule has 148 valence electrons. The lowest BCUT2D eigenvalue weighted by Gasteiger charge is -2.18. The molecule has 1 aliphatic heterocycles. The highest BCUT2D eigenvalue weighted by atomic mass is 19.4. The first-order chi connectivity index (χ1) is 12.6. The van der Waals surface area contributed by atoms with Crippen molar-refractivity contribution in [1.29, 1.82) is 0 Å². The van der Waals surface area contributed by atoms with Gasteiger partial charge in [-0.15, -0.1) is 0 Å². The maximum Gasteiger partial charge on any atom is 0.394 e. The molecule has 1 aliphatic rings. The monoisotopic (exact) mass is 391 g/mol. The van der Waals surface area contributed by atoms with Crippen LogP contribution in [0, 0.1) is 17.7 Å². The van der Waals surface area contributed by atoms with Gasteiger partial charge < -0.3 is 20.6 Å². The van der Waals surface area contributed by atoms with Gasteiger partial charge in [0, 0.05) is 31.7 Å². The molecule has 11 heteroatoms. The highest BCUT2D eigenvalue weighted by Crippen LogP contribution is 2.37. The average Bonchev–Trinajstić information content (AvgIpc) is 3.05. The lowest BCUT2D eigenvalue weighted by atomic mass is 9.96. The van der Waals surface area contributed by atoms with Gasteiger partial charge in [-0.3, -0.25) is 9.59 Å². The quantitative estimate of drug-likeness (QED) is 0.523. The van der Waals surface area contributed by atoms with Crippen molar-refractivity contribution in [3.8, 4) is 0 Å². The van der Waals surface area contributed by atoms with E-state index in [9.17, 15) is 31.9 Å². The Labute approximate surface area is 151 Å². The molecule has 2 atom stereocenters. The third-order valence-electron chi connectivity index (χ3n) is 4.14. The fourth-order valence-electron chi connectivity index (χ4n) is 2.71. The summed E-state index contributed by atoms with van der Waals surface area (Å²) in [5.41, 5.74) is 0.208. The average molecular weight is 391 g/mol. The van der Waals surface area contributed by atoms with E-state index in [0.29, 0.717) is 0 Å². The largest absolute Gasteiger partial charge is 0.481 e. The van der Waals surface area contributed by atoms with Gasteiger partial charge in [0.2, 0.25) is 0 Å². The van der Waals surface area contributed by atoms with Gasteiger partial charge in [-0.05, 0) is 24.3 Å². The van der Waals surface area contributed by atoms with Crippen molar-refractivity contribution in [1.82, 2.24) is 15.5 Å². The highest BCUT2D eigenvalue weighted by molar-refractivity contribution is 5.94. The van der Waals surface area contributed by atoms with Gasteiger partial charge >= 0.3 is 18.2 Å². The SMILES string of the molecule is O=C(NCCNC(=O)N1C[C@@H](C(F)(F)F)[C@H](C(=O)O)C1)c1ccc(F)cc1. The van der Waals surface area contributed by atoms with E-state index in [1.54, 1.807) is 0 Å². The van der Waals surface area contributed by atoms with Gasteiger partial charge in [0.05, 0.1) is 11.8 Å². The smallest absolute Gasteiger partial charge is 0.394 e. The number of nitrogens with zero attached hydrogens (tertiary/aromatic N) is 1. The first-order valence-electron chi connectivity index (χ1n) is 7.95. The van der Waals surface area contributed by atoms with Gasteiger partial charge in [0.25, 0.3) is 5.91 Å². The summed E-state index contributed by atoms with van der Waals surface area (Å²) in [6, 6.07) is 3.93. The van der Waals surface area contributed by atoms with Gasteiger partial charge in [0.1, 0.15) is 5.82 Å². The van der Waals surface area contributed by atoms with Crippen LogP contribution in [-0.2, 0) is 4.79 Å². The number of carboxylic acids is 1. The normalized spacial score (nSPS) is 19.6. The van der Waals surface area contributed by atoms with Crippen molar-refractivity contribution in [2.75, 3.05) is 26.2 Å². The number of likely N-dealkylation sites (tertiary alicyclic amines) is 1. The number of nitrogens with one attached hydrogen (secondary N) is 2. The number of urea groups is 1. The van der Waals surface area contributed by atoms with Crippen LogP contribution in [0.4, 0.5) is 22.4 Å². The minimum absolute atomic E-state index is 0.0130. The second-order valence-corrected chi connectivity index (χ2v) is 5.99. The van der Waals surface area contributed by atoms with Gasteiger partial charge in [-0.25, -0.2) is 9.18 Å². The number of rotatable bonds is 5. The number of amides is 3. The number of carboxylic acid groups (broad SMARTS) is 1. The molecule has 1 aromatic rings. The number of carbonyl (C=O) groups excluding carboxylic acids is 2. The maximum atomic E-state index is 12.9. The number of hydrogen-bond acceptors (Lipinski definition) is 3. The molecule has 0 saturated carbocycles. The van der Waals surface area contributed by atoms with Crippen molar-refractivity contribution in [3.05, 3.63) is 35.6 Å². The summed E-state index contributed by atoms with van der Waals surface area (Å²) in [5, 5.41) is 13.7. The standard InChI is InChI=1S/C16H17F4N3O4/c17-10-3-1-9(2-4-10)13(24)21-5-6-22-15(27)23-7-11(14(25)26)12(8-23)16(18,19)20/h1-4,11-12H,5-8H2,(H,21,24)(H,22,27)(H,25,26)/t11-,12-/m1/s1. The zero-order valence-corrected chi connectivity index (χ0v) is 13.9. The number of halogens is 4. The van der Waals surface area contributed by atoms with Crippen LogP contribution < -0.4 is 10.6 Å². The van der Waals surface area contributed by atoms with Crippen LogP contribution in [0.25, 0.3) is 0 Å². The Kier molecular flexibility index (Phi) is 6.24. The predicted octanol–water partition coefficient (Wildman–Crippen LogP) is 1.46. The molecule has 3 N–H and O–H groups in total. The molecule has 1 aromatic carbocycles. The molecular weight excluding hydrogens is 374 g/mol. The topological polar surface area (TPSA) is 98.7 Å². The van der Waals surface area contributed by atoms with E-state index < -0.39 is 54.8 Å². The van der Waals surface area contributed by atoms with Crippen molar-refractivity contribution < 1.29 is 37.1 Å². The van der Waals surface area contributed by atoms with E-state index >= 15 is 0 Å². The highest BCUT2D eigenvalue weighted by Gasteiger charge is 2.53. The molecule has 0 aromatic heterocycles. The number of hydrogen-bond donors (Lipinski definition) is 3. The summed E-state index contributed by atoms with van der Waals surface area (Å²) >= 11 is 0. The summed E-state index contributed by atoms with van der Waals surface area (Å²) in [6.07, 6.45) is -4.72. The first-order valence-corrected chi connectivity index (χ1v) is 7.95. The summed E-state index contributed by atoms with van der Waals surface area (Å²) in [7, 11) is 0. The number of alkyl halides is 3. The maximum absolute atomic E-state index is 12.9. The van der Waals surface area contributed by atoms with E-state index in [0.717, 1.165) is 17.0 Å². The fraction of sp³-hybridized carbons (Fsp3) is 0.438. The molecule has 0 unspecified atom stereocenters. The second kappa shape index (κ2) is 8.23. The molecule has 1 heterocycles. The molecule has 2 rings (SSSR count). The van der Waals surface area contributed by atoms with Crippen LogP contribution in [0.2, 0.25) is 0 Å². The molecular formula is C16H17F4N3O4. The fourth-order valence-corrected chi connectivity index (χ4v) is 2.71. The van der Waals surface area contributed by atoms with Gasteiger partial charge in [-0.2, -0.15) is 13.2 Å². The Morgan fingerprint density at radius 3 is 2.19 bits per heavy atom. The lowest BCUT2D eigenvalue weighted by Crippen LogP contribution is -2.42. The Morgan fingerprint density at radius 1 is 1.07 bits per heavy atom. The minimum Gasteiger partial charge on any atom is -0.481 e. The Bertz CT molecular complexity index is 709. The molecule has 0 radical (unpaired) electrons. The van der Waals surface area contributed by atoms with Crippen LogP contribution in [0.3, 0.4) is 0 Å².